The van der Waals surface area contributed by atoms with Gasteiger partial charge < -0.3 is 4.74 Å². The maximum atomic E-state index is 10.7. The van der Waals surface area contributed by atoms with Crippen LogP contribution in [0.5, 0.6) is 0 Å². The maximum Gasteiger partial charge on any atom is 0.327 e. The number of ether oxygens (including phenoxy) is 1. The van der Waals surface area contributed by atoms with Crippen LogP contribution < -0.4 is 0 Å². The fourth-order valence-corrected chi connectivity index (χ4v) is 0.523. The van der Waals surface area contributed by atoms with Crippen molar-refractivity contribution in [1.82, 2.24) is 0 Å². The highest BCUT2D eigenvalue weighted by Crippen LogP contribution is 1.79. The van der Waals surface area contributed by atoms with E-state index < -0.39 is 0 Å². The molecule has 0 amide bonds. The Morgan fingerprint density at radius 1 is 1.58 bits per heavy atom. The van der Waals surface area contributed by atoms with E-state index in [2.05, 4.69) is 16.3 Å². The third-order valence-electron chi connectivity index (χ3n) is 0.964. The fraction of sp³-hybridized carbons (Fsp3) is 0.333. The standard InChI is InChI=1S/C9H13NO2/c1-3-5-6-7-10-8-9(11)12-4-2/h3,5-7H,1,4,8H2,2H3/b6-5-,10-7+. The van der Waals surface area contributed by atoms with E-state index in [1.54, 1.807) is 31.4 Å². The summed E-state index contributed by atoms with van der Waals surface area (Å²) in [5.74, 6) is -0.305. The molecule has 3 nitrogen and oxygen atoms in total. The number of carbonyl (C=O) groups excluding carboxylic acids is 1. The molecule has 0 radical (unpaired) electrons. The number of hydrogen-bond donors (Lipinski definition) is 0. The summed E-state index contributed by atoms with van der Waals surface area (Å²) in [5.41, 5.74) is 0. The number of esters is 1. The minimum Gasteiger partial charge on any atom is -0.465 e. The van der Waals surface area contributed by atoms with Gasteiger partial charge in [0.1, 0.15) is 6.54 Å². The molecule has 0 aromatic heterocycles. The minimum absolute atomic E-state index is 0.0787. The van der Waals surface area contributed by atoms with Crippen molar-refractivity contribution >= 4 is 12.2 Å². The zero-order valence-corrected chi connectivity index (χ0v) is 7.19. The molecule has 0 aromatic rings. The highest BCUT2D eigenvalue weighted by Gasteiger charge is 1.95. The summed E-state index contributed by atoms with van der Waals surface area (Å²) in [7, 11) is 0. The average molecular weight is 167 g/mol. The fourth-order valence-electron chi connectivity index (χ4n) is 0.523. The maximum absolute atomic E-state index is 10.7. The summed E-state index contributed by atoms with van der Waals surface area (Å²) in [6.45, 7) is 5.72. The van der Waals surface area contributed by atoms with Gasteiger partial charge in [0.25, 0.3) is 0 Å². The van der Waals surface area contributed by atoms with Crippen LogP contribution in [-0.2, 0) is 9.53 Å². The van der Waals surface area contributed by atoms with Crippen molar-refractivity contribution in [2.45, 2.75) is 6.92 Å². The lowest BCUT2D eigenvalue weighted by atomic mass is 10.5. The van der Waals surface area contributed by atoms with E-state index in [-0.39, 0.29) is 12.5 Å². The van der Waals surface area contributed by atoms with E-state index in [9.17, 15) is 4.79 Å². The summed E-state index contributed by atoms with van der Waals surface area (Å²) < 4.78 is 4.65. The topological polar surface area (TPSA) is 38.7 Å². The monoisotopic (exact) mass is 167 g/mol. The van der Waals surface area contributed by atoms with Gasteiger partial charge in [-0.25, -0.2) is 0 Å². The zero-order valence-electron chi connectivity index (χ0n) is 7.19. The van der Waals surface area contributed by atoms with Crippen LogP contribution in [0.4, 0.5) is 0 Å². The van der Waals surface area contributed by atoms with E-state index in [1.807, 2.05) is 0 Å². The molecular formula is C9H13NO2. The highest BCUT2D eigenvalue weighted by atomic mass is 16.5. The van der Waals surface area contributed by atoms with Gasteiger partial charge in [0, 0.05) is 6.21 Å². The Hall–Kier alpha value is -1.38. The quantitative estimate of drug-likeness (QED) is 0.352. The van der Waals surface area contributed by atoms with Crippen LogP contribution >= 0.6 is 0 Å². The van der Waals surface area contributed by atoms with Gasteiger partial charge >= 0.3 is 5.97 Å². The predicted molar refractivity (Wildman–Crippen MR) is 49.3 cm³/mol. The zero-order chi connectivity index (χ0) is 9.23. The predicted octanol–water partition coefficient (Wildman–Crippen LogP) is 1.36. The van der Waals surface area contributed by atoms with Crippen LogP contribution in [0.2, 0.25) is 0 Å². The van der Waals surface area contributed by atoms with Crippen molar-refractivity contribution in [3.8, 4) is 0 Å². The lowest BCUT2D eigenvalue weighted by molar-refractivity contribution is -0.141. The second-order valence-corrected chi connectivity index (χ2v) is 1.92. The van der Waals surface area contributed by atoms with Gasteiger partial charge in [-0.1, -0.05) is 18.7 Å². The first-order chi connectivity index (χ1) is 5.81. The molecule has 0 aromatic carbocycles. The van der Waals surface area contributed by atoms with Crippen LogP contribution in [-0.4, -0.2) is 25.3 Å². The van der Waals surface area contributed by atoms with Crippen molar-refractivity contribution in [1.29, 1.82) is 0 Å². The summed E-state index contributed by atoms with van der Waals surface area (Å²) in [5, 5.41) is 0. The lowest BCUT2D eigenvalue weighted by Gasteiger charge is -1.95. The molecule has 0 rings (SSSR count). The molecule has 0 N–H and O–H groups in total. The van der Waals surface area contributed by atoms with Crippen molar-refractivity contribution in [2.24, 2.45) is 4.99 Å². The van der Waals surface area contributed by atoms with Crippen LogP contribution in [0, 0.1) is 0 Å². The molecule has 0 aliphatic rings. The summed E-state index contributed by atoms with van der Waals surface area (Å²) in [6, 6.07) is 0. The Kier molecular flexibility index (Phi) is 6.84. The molecule has 0 heterocycles. The first kappa shape index (κ1) is 10.6. The lowest BCUT2D eigenvalue weighted by Crippen LogP contribution is -2.07. The highest BCUT2D eigenvalue weighted by molar-refractivity contribution is 5.77. The van der Waals surface area contributed by atoms with E-state index in [1.165, 1.54) is 0 Å². The van der Waals surface area contributed by atoms with E-state index >= 15 is 0 Å². The summed E-state index contributed by atoms with van der Waals surface area (Å²) in [6.07, 6.45) is 6.61. The molecule has 0 aliphatic heterocycles. The Labute approximate surface area is 72.4 Å². The van der Waals surface area contributed by atoms with Gasteiger partial charge in [-0.05, 0) is 13.0 Å². The second-order valence-electron chi connectivity index (χ2n) is 1.92. The summed E-state index contributed by atoms with van der Waals surface area (Å²) in [4.78, 5) is 14.5. The smallest absolute Gasteiger partial charge is 0.327 e. The number of aliphatic imine (C=N–C) groups is 1. The van der Waals surface area contributed by atoms with Crippen LogP contribution in [0.25, 0.3) is 0 Å². The van der Waals surface area contributed by atoms with Crippen LogP contribution in [0.3, 0.4) is 0 Å². The first-order valence-corrected chi connectivity index (χ1v) is 3.74. The molecule has 0 saturated heterocycles. The van der Waals surface area contributed by atoms with Crippen molar-refractivity contribution in [3.05, 3.63) is 24.8 Å². The molecule has 0 spiro atoms. The second kappa shape index (κ2) is 7.72. The van der Waals surface area contributed by atoms with Crippen molar-refractivity contribution in [2.75, 3.05) is 13.2 Å². The van der Waals surface area contributed by atoms with Gasteiger partial charge in [-0.2, -0.15) is 0 Å². The van der Waals surface area contributed by atoms with Crippen molar-refractivity contribution in [3.63, 3.8) is 0 Å². The first-order valence-electron chi connectivity index (χ1n) is 3.74. The molecule has 0 bridgehead atoms. The normalized spacial score (nSPS) is 10.8. The van der Waals surface area contributed by atoms with Gasteiger partial charge in [0.2, 0.25) is 0 Å². The van der Waals surface area contributed by atoms with E-state index in [0.717, 1.165) is 0 Å². The van der Waals surface area contributed by atoms with E-state index in [4.69, 9.17) is 0 Å². The molecular weight excluding hydrogens is 154 g/mol. The van der Waals surface area contributed by atoms with E-state index in [0.29, 0.717) is 6.61 Å². The average Bonchev–Trinajstić information content (AvgIpc) is 2.05. The Morgan fingerprint density at radius 2 is 2.33 bits per heavy atom. The van der Waals surface area contributed by atoms with Gasteiger partial charge in [0.05, 0.1) is 6.61 Å². The van der Waals surface area contributed by atoms with Crippen LogP contribution in [0.15, 0.2) is 29.8 Å². The third-order valence-corrected chi connectivity index (χ3v) is 0.964. The number of nitrogens with zero attached hydrogens (tertiary/aromatic N) is 1. The molecule has 0 aliphatic carbocycles. The number of hydrogen-bond acceptors (Lipinski definition) is 3. The van der Waals surface area contributed by atoms with Crippen molar-refractivity contribution < 1.29 is 9.53 Å². The molecule has 0 unspecified atom stereocenters. The molecule has 12 heavy (non-hydrogen) atoms. The van der Waals surface area contributed by atoms with Gasteiger partial charge in [-0.15, -0.1) is 0 Å². The minimum atomic E-state index is -0.305. The SMILES string of the molecule is C=C/C=C\C=N\CC(=O)OCC. The molecule has 0 fully saturated rings. The Morgan fingerprint density at radius 3 is 2.92 bits per heavy atom. The molecule has 0 saturated carbocycles. The van der Waals surface area contributed by atoms with Gasteiger partial charge in [0.15, 0.2) is 0 Å². The molecule has 0 atom stereocenters. The Balaban J connectivity index is 3.52. The van der Waals surface area contributed by atoms with Crippen LogP contribution in [0.1, 0.15) is 6.92 Å². The Bertz CT molecular complexity index is 195. The van der Waals surface area contributed by atoms with Gasteiger partial charge in [-0.3, -0.25) is 9.79 Å². The third kappa shape index (κ3) is 6.74. The number of allylic oxidation sites excluding steroid dienone is 3. The molecule has 3 heteroatoms. The molecule has 66 valence electrons. The number of carbonyl (C=O) groups is 1. The largest absolute Gasteiger partial charge is 0.465 e. The summed E-state index contributed by atoms with van der Waals surface area (Å²) >= 11 is 0. The number of rotatable bonds is 5.